The van der Waals surface area contributed by atoms with Crippen LogP contribution in [0.1, 0.15) is 24.1 Å². The Morgan fingerprint density at radius 1 is 1.07 bits per heavy atom. The van der Waals surface area contributed by atoms with Crippen molar-refractivity contribution in [3.8, 4) is 22.0 Å². The van der Waals surface area contributed by atoms with Gasteiger partial charge in [-0.2, -0.15) is 0 Å². The quantitative estimate of drug-likeness (QED) is 0.421. The molecule has 0 aliphatic heterocycles. The maximum Gasteiger partial charge on any atom is 0.192 e. The molecule has 0 saturated carbocycles. The fourth-order valence-electron chi connectivity index (χ4n) is 2.73. The summed E-state index contributed by atoms with van der Waals surface area (Å²) < 4.78 is 16.1. The molecule has 0 bridgehead atoms. The second kappa shape index (κ2) is 8.15. The number of rotatable bonds is 6. The van der Waals surface area contributed by atoms with Crippen LogP contribution in [-0.2, 0) is 6.54 Å². The molecule has 0 saturated heterocycles. The predicted octanol–water partition coefficient (Wildman–Crippen LogP) is 4.87. The van der Waals surface area contributed by atoms with Crippen molar-refractivity contribution in [1.29, 1.82) is 0 Å². The van der Waals surface area contributed by atoms with Crippen molar-refractivity contribution in [2.75, 3.05) is 0 Å². The van der Waals surface area contributed by atoms with Crippen molar-refractivity contribution >= 4 is 23.1 Å². The smallest absolute Gasteiger partial charge is 0.192 e. The van der Waals surface area contributed by atoms with Crippen LogP contribution < -0.4 is 0 Å². The Morgan fingerprint density at radius 3 is 2.61 bits per heavy atom. The van der Waals surface area contributed by atoms with Crippen LogP contribution in [0.5, 0.6) is 0 Å². The lowest BCUT2D eigenvalue weighted by Gasteiger charge is -2.09. The minimum Gasteiger partial charge on any atom is -0.302 e. The summed E-state index contributed by atoms with van der Waals surface area (Å²) in [6.45, 7) is 4.84. The van der Waals surface area contributed by atoms with Crippen LogP contribution >= 0.6 is 23.1 Å². The van der Waals surface area contributed by atoms with Crippen molar-refractivity contribution in [2.45, 2.75) is 30.8 Å². The molecule has 0 N–H and O–H groups in total. The van der Waals surface area contributed by atoms with Crippen LogP contribution in [0.15, 0.2) is 53.9 Å². The Hall–Kier alpha value is -2.65. The molecule has 3 aromatic heterocycles. The van der Waals surface area contributed by atoms with Crippen molar-refractivity contribution in [1.82, 2.24) is 29.9 Å². The average Bonchev–Trinajstić information content (AvgIpc) is 3.36. The molecule has 0 unspecified atom stereocenters. The number of hydrogen-bond donors (Lipinski definition) is 0. The van der Waals surface area contributed by atoms with E-state index < -0.39 is 0 Å². The Kier molecular flexibility index (Phi) is 5.45. The highest BCUT2D eigenvalue weighted by atomic mass is 32.2. The van der Waals surface area contributed by atoms with Gasteiger partial charge in [0.25, 0.3) is 0 Å². The summed E-state index contributed by atoms with van der Waals surface area (Å²) in [5, 5.41) is 19.4. The third-order valence-electron chi connectivity index (χ3n) is 4.15. The first-order valence-corrected chi connectivity index (χ1v) is 10.5. The SMILES string of the molecule is CCn1c(S[C@@H](C)c2nnc(-c3ccccc3F)s2)nnc1-c1ccncc1. The minimum atomic E-state index is -0.293. The number of thioether (sulfide) groups is 1. The fourth-order valence-corrected chi connectivity index (χ4v) is 4.71. The molecule has 9 heteroatoms. The summed E-state index contributed by atoms with van der Waals surface area (Å²) >= 11 is 2.96. The van der Waals surface area contributed by atoms with Crippen LogP contribution in [-0.4, -0.2) is 29.9 Å². The highest BCUT2D eigenvalue weighted by Gasteiger charge is 2.20. The summed E-state index contributed by atoms with van der Waals surface area (Å²) in [6, 6.07) is 10.4. The highest BCUT2D eigenvalue weighted by molar-refractivity contribution is 7.99. The maximum absolute atomic E-state index is 14.0. The van der Waals surface area contributed by atoms with Crippen molar-refractivity contribution < 1.29 is 4.39 Å². The highest BCUT2D eigenvalue weighted by Crippen LogP contribution is 2.38. The van der Waals surface area contributed by atoms with Crippen LogP contribution in [0.4, 0.5) is 4.39 Å². The first kappa shape index (κ1) is 18.7. The largest absolute Gasteiger partial charge is 0.302 e. The molecular weight excluding hydrogens is 395 g/mol. The van der Waals surface area contributed by atoms with E-state index in [0.29, 0.717) is 10.6 Å². The Bertz CT molecular complexity index is 1080. The first-order chi connectivity index (χ1) is 13.7. The van der Waals surface area contributed by atoms with Crippen molar-refractivity contribution in [3.63, 3.8) is 0 Å². The zero-order chi connectivity index (χ0) is 19.5. The molecule has 0 aliphatic rings. The lowest BCUT2D eigenvalue weighted by Crippen LogP contribution is -2.01. The molecule has 0 spiro atoms. The molecule has 4 aromatic rings. The normalized spacial score (nSPS) is 12.2. The topological polar surface area (TPSA) is 69.4 Å². The molecule has 6 nitrogen and oxygen atoms in total. The average molecular weight is 413 g/mol. The summed E-state index contributed by atoms with van der Waals surface area (Å²) in [4.78, 5) is 4.05. The van der Waals surface area contributed by atoms with E-state index in [4.69, 9.17) is 0 Å². The molecule has 28 heavy (non-hydrogen) atoms. The fraction of sp³-hybridized carbons (Fsp3) is 0.211. The van der Waals surface area contributed by atoms with Gasteiger partial charge in [-0.15, -0.1) is 20.4 Å². The Labute approximate surface area is 169 Å². The van der Waals surface area contributed by atoms with Gasteiger partial charge in [0.05, 0.1) is 5.25 Å². The van der Waals surface area contributed by atoms with E-state index in [9.17, 15) is 4.39 Å². The summed E-state index contributed by atoms with van der Waals surface area (Å²) in [7, 11) is 0. The van der Waals surface area contributed by atoms with E-state index in [1.165, 1.54) is 17.4 Å². The molecule has 1 aromatic carbocycles. The second-order valence-corrected chi connectivity index (χ2v) is 8.29. The van der Waals surface area contributed by atoms with Gasteiger partial charge in [0.15, 0.2) is 16.0 Å². The molecule has 0 amide bonds. The van der Waals surface area contributed by atoms with E-state index in [-0.39, 0.29) is 11.1 Å². The number of halogens is 1. The van der Waals surface area contributed by atoms with E-state index in [2.05, 4.69) is 36.9 Å². The number of pyridine rings is 1. The van der Waals surface area contributed by atoms with Crippen molar-refractivity contribution in [3.05, 3.63) is 59.6 Å². The van der Waals surface area contributed by atoms with Crippen LogP contribution in [0.2, 0.25) is 0 Å². The number of nitrogens with zero attached hydrogens (tertiary/aromatic N) is 6. The minimum absolute atomic E-state index is 0.0119. The molecular formula is C19H17FN6S2. The molecule has 3 heterocycles. The lowest BCUT2D eigenvalue weighted by atomic mass is 10.2. The molecule has 0 fully saturated rings. The molecule has 1 atom stereocenters. The van der Waals surface area contributed by atoms with Crippen LogP contribution in [0.25, 0.3) is 22.0 Å². The molecule has 142 valence electrons. The number of hydrogen-bond acceptors (Lipinski definition) is 7. The third-order valence-corrected chi connectivity index (χ3v) is 6.52. The Morgan fingerprint density at radius 2 is 1.86 bits per heavy atom. The van der Waals surface area contributed by atoms with Gasteiger partial charge in [0, 0.05) is 30.1 Å². The van der Waals surface area contributed by atoms with Gasteiger partial charge in [0.1, 0.15) is 10.8 Å². The molecule has 4 rings (SSSR count). The maximum atomic E-state index is 14.0. The lowest BCUT2D eigenvalue weighted by molar-refractivity contribution is 0.631. The van der Waals surface area contributed by atoms with Crippen LogP contribution in [0.3, 0.4) is 0 Å². The van der Waals surface area contributed by atoms with Gasteiger partial charge in [0.2, 0.25) is 0 Å². The monoisotopic (exact) mass is 412 g/mol. The molecule has 0 radical (unpaired) electrons. The standard InChI is InChI=1S/C19H17FN6S2/c1-3-26-16(13-8-10-21-11-9-13)22-25-19(26)27-12(2)17-23-24-18(28-17)14-6-4-5-7-15(14)20/h4-12H,3H2,1-2H3/t12-/m0/s1. The van der Waals surface area contributed by atoms with E-state index in [1.807, 2.05) is 19.1 Å². The van der Waals surface area contributed by atoms with Gasteiger partial charge in [-0.1, -0.05) is 35.2 Å². The van der Waals surface area contributed by atoms with Crippen LogP contribution in [0, 0.1) is 5.82 Å². The van der Waals surface area contributed by atoms with E-state index >= 15 is 0 Å². The summed E-state index contributed by atoms with van der Waals surface area (Å²) in [5.41, 5.74) is 1.45. The van der Waals surface area contributed by atoms with Gasteiger partial charge in [-0.25, -0.2) is 4.39 Å². The van der Waals surface area contributed by atoms with E-state index in [1.54, 1.807) is 42.4 Å². The zero-order valence-electron chi connectivity index (χ0n) is 15.3. The van der Waals surface area contributed by atoms with Gasteiger partial charge in [-0.05, 0) is 38.1 Å². The van der Waals surface area contributed by atoms with E-state index in [0.717, 1.165) is 28.1 Å². The van der Waals surface area contributed by atoms with Gasteiger partial charge in [-0.3, -0.25) is 4.98 Å². The van der Waals surface area contributed by atoms with Gasteiger partial charge < -0.3 is 4.57 Å². The molecule has 0 aliphatic carbocycles. The number of aromatic nitrogens is 6. The summed E-state index contributed by atoms with van der Waals surface area (Å²) in [6.07, 6.45) is 3.48. The van der Waals surface area contributed by atoms with Gasteiger partial charge >= 0.3 is 0 Å². The Balaban J connectivity index is 1.57. The second-order valence-electron chi connectivity index (χ2n) is 5.97. The van der Waals surface area contributed by atoms with Crippen molar-refractivity contribution in [2.24, 2.45) is 0 Å². The number of benzene rings is 1. The third kappa shape index (κ3) is 3.67. The first-order valence-electron chi connectivity index (χ1n) is 8.76. The predicted molar refractivity (Wildman–Crippen MR) is 109 cm³/mol. The zero-order valence-corrected chi connectivity index (χ0v) is 16.9. The summed E-state index contributed by atoms with van der Waals surface area (Å²) in [5.74, 6) is 0.516.